The maximum absolute atomic E-state index is 11.8. The fourth-order valence-electron chi connectivity index (χ4n) is 1.23. The lowest BCUT2D eigenvalue weighted by Gasteiger charge is -2.17. The molecule has 1 aromatic carbocycles. The number of rotatable bonds is 4. The van der Waals surface area contributed by atoms with Gasteiger partial charge in [0.25, 0.3) is 5.91 Å². The Morgan fingerprint density at radius 2 is 1.80 bits per heavy atom. The van der Waals surface area contributed by atoms with Crippen molar-refractivity contribution in [2.45, 2.75) is 20.8 Å². The quantitative estimate of drug-likeness (QED) is 0.653. The summed E-state index contributed by atoms with van der Waals surface area (Å²) in [4.78, 5) is 23.4. The van der Waals surface area contributed by atoms with Crippen LogP contribution in [0.5, 0.6) is 5.75 Å². The zero-order chi connectivity index (χ0) is 15.2. The Labute approximate surface area is 119 Å². The van der Waals surface area contributed by atoms with Gasteiger partial charge >= 0.3 is 0 Å². The van der Waals surface area contributed by atoms with Gasteiger partial charge in [0.2, 0.25) is 5.91 Å². The van der Waals surface area contributed by atoms with Gasteiger partial charge in [-0.3, -0.25) is 20.4 Å². The van der Waals surface area contributed by atoms with Crippen molar-refractivity contribution in [3.63, 3.8) is 0 Å². The Hall–Kier alpha value is -2.30. The van der Waals surface area contributed by atoms with Crippen LogP contribution in [0.3, 0.4) is 0 Å². The molecular weight excluding hydrogens is 256 g/mol. The van der Waals surface area contributed by atoms with Gasteiger partial charge in [-0.05, 0) is 24.3 Å². The van der Waals surface area contributed by atoms with E-state index in [2.05, 4.69) is 17.4 Å². The number of benzene rings is 1. The predicted octanol–water partition coefficient (Wildman–Crippen LogP) is 2.06. The van der Waals surface area contributed by atoms with Gasteiger partial charge in [0.1, 0.15) is 12.4 Å². The first-order valence-corrected chi connectivity index (χ1v) is 6.29. The minimum absolute atomic E-state index is 0.253. The largest absolute Gasteiger partial charge is 0.490 e. The molecular formula is C15H20N2O3. The van der Waals surface area contributed by atoms with Crippen LogP contribution in [0, 0.1) is 5.41 Å². The van der Waals surface area contributed by atoms with Gasteiger partial charge in [0.05, 0.1) is 0 Å². The standard InChI is InChI=1S/C15H20N2O3/c1-5-10-20-12-8-6-11(7-9-12)13(18)16-17-14(19)15(2,3)4/h5-9H,1,10H2,2-4H3,(H,16,18)(H,17,19). The zero-order valence-electron chi connectivity index (χ0n) is 12.0. The van der Waals surface area contributed by atoms with Crippen molar-refractivity contribution >= 4 is 11.8 Å². The number of hydrazine groups is 1. The minimum Gasteiger partial charge on any atom is -0.490 e. The summed E-state index contributed by atoms with van der Waals surface area (Å²) in [5.41, 5.74) is 4.63. The van der Waals surface area contributed by atoms with Crippen molar-refractivity contribution < 1.29 is 14.3 Å². The van der Waals surface area contributed by atoms with E-state index < -0.39 is 5.41 Å². The monoisotopic (exact) mass is 276 g/mol. The highest BCUT2D eigenvalue weighted by atomic mass is 16.5. The zero-order valence-corrected chi connectivity index (χ0v) is 12.0. The Balaban J connectivity index is 2.56. The van der Waals surface area contributed by atoms with Crippen LogP contribution in [0.1, 0.15) is 31.1 Å². The molecule has 0 bridgehead atoms. The Bertz CT molecular complexity index is 487. The molecule has 5 heteroatoms. The Morgan fingerprint density at radius 3 is 2.30 bits per heavy atom. The SMILES string of the molecule is C=CCOc1ccc(C(=O)NNC(=O)C(C)(C)C)cc1. The van der Waals surface area contributed by atoms with Crippen LogP contribution in [0.25, 0.3) is 0 Å². The first-order valence-electron chi connectivity index (χ1n) is 6.29. The number of carbonyl (C=O) groups excluding carboxylic acids is 2. The Kier molecular flexibility index (Phi) is 5.32. The normalized spacial score (nSPS) is 10.6. The molecule has 0 unspecified atom stereocenters. The molecule has 1 aromatic rings. The molecule has 2 N–H and O–H groups in total. The number of ether oxygens (including phenoxy) is 1. The van der Waals surface area contributed by atoms with E-state index in [-0.39, 0.29) is 11.8 Å². The summed E-state index contributed by atoms with van der Waals surface area (Å²) in [6, 6.07) is 6.61. The molecule has 20 heavy (non-hydrogen) atoms. The van der Waals surface area contributed by atoms with Crippen molar-refractivity contribution in [3.8, 4) is 5.75 Å². The van der Waals surface area contributed by atoms with Crippen molar-refractivity contribution in [3.05, 3.63) is 42.5 Å². The maximum Gasteiger partial charge on any atom is 0.269 e. The molecule has 2 amide bonds. The summed E-state index contributed by atoms with van der Waals surface area (Å²) >= 11 is 0. The molecule has 0 atom stereocenters. The molecule has 0 aromatic heterocycles. The second-order valence-corrected chi connectivity index (χ2v) is 5.28. The summed E-state index contributed by atoms with van der Waals surface area (Å²) < 4.78 is 5.31. The highest BCUT2D eigenvalue weighted by Gasteiger charge is 2.21. The van der Waals surface area contributed by atoms with Crippen LogP contribution in [0.15, 0.2) is 36.9 Å². The highest BCUT2D eigenvalue weighted by Crippen LogP contribution is 2.13. The maximum atomic E-state index is 11.8. The van der Waals surface area contributed by atoms with Crippen molar-refractivity contribution in [1.29, 1.82) is 0 Å². The van der Waals surface area contributed by atoms with Gasteiger partial charge in [0.15, 0.2) is 0 Å². The third-order valence-corrected chi connectivity index (χ3v) is 2.46. The van der Waals surface area contributed by atoms with Gasteiger partial charge < -0.3 is 4.74 Å². The summed E-state index contributed by atoms with van der Waals surface area (Å²) in [7, 11) is 0. The Morgan fingerprint density at radius 1 is 1.20 bits per heavy atom. The van der Waals surface area contributed by atoms with Gasteiger partial charge in [-0.1, -0.05) is 33.4 Å². The fourth-order valence-corrected chi connectivity index (χ4v) is 1.23. The molecule has 0 aliphatic carbocycles. The molecule has 0 saturated heterocycles. The van der Waals surface area contributed by atoms with Gasteiger partial charge in [-0.15, -0.1) is 0 Å². The average molecular weight is 276 g/mol. The molecule has 1 rings (SSSR count). The van der Waals surface area contributed by atoms with E-state index in [4.69, 9.17) is 4.74 Å². The third kappa shape index (κ3) is 4.76. The summed E-state index contributed by atoms with van der Waals surface area (Å²) in [6.45, 7) is 9.26. The number of amides is 2. The summed E-state index contributed by atoms with van der Waals surface area (Å²) in [5.74, 6) is 0.0230. The molecule has 0 saturated carbocycles. The van der Waals surface area contributed by atoms with Crippen molar-refractivity contribution in [2.24, 2.45) is 5.41 Å². The number of hydrogen-bond acceptors (Lipinski definition) is 3. The van der Waals surface area contributed by atoms with Crippen LogP contribution in [0.2, 0.25) is 0 Å². The van der Waals surface area contributed by atoms with E-state index >= 15 is 0 Å². The number of carbonyl (C=O) groups is 2. The fraction of sp³-hybridized carbons (Fsp3) is 0.333. The summed E-state index contributed by atoms with van der Waals surface area (Å²) in [5, 5.41) is 0. The molecule has 5 nitrogen and oxygen atoms in total. The molecule has 0 heterocycles. The first-order chi connectivity index (χ1) is 9.34. The molecule has 0 spiro atoms. The van der Waals surface area contributed by atoms with Gasteiger partial charge in [-0.25, -0.2) is 0 Å². The highest BCUT2D eigenvalue weighted by molar-refractivity contribution is 5.95. The lowest BCUT2D eigenvalue weighted by Crippen LogP contribution is -2.46. The number of hydrogen-bond donors (Lipinski definition) is 2. The lowest BCUT2D eigenvalue weighted by atomic mass is 9.96. The van der Waals surface area contributed by atoms with Gasteiger partial charge in [0, 0.05) is 11.0 Å². The number of nitrogens with one attached hydrogen (secondary N) is 2. The van der Waals surface area contributed by atoms with Crippen LogP contribution < -0.4 is 15.6 Å². The average Bonchev–Trinajstić information content (AvgIpc) is 2.41. The minimum atomic E-state index is -0.560. The van der Waals surface area contributed by atoms with Crippen LogP contribution >= 0.6 is 0 Å². The molecule has 108 valence electrons. The molecule has 0 aliphatic rings. The van der Waals surface area contributed by atoms with Crippen molar-refractivity contribution in [1.82, 2.24) is 10.9 Å². The lowest BCUT2D eigenvalue weighted by molar-refractivity contribution is -0.129. The first kappa shape index (κ1) is 15.8. The van der Waals surface area contributed by atoms with Crippen LogP contribution in [0.4, 0.5) is 0 Å². The smallest absolute Gasteiger partial charge is 0.269 e. The van der Waals surface area contributed by atoms with Crippen molar-refractivity contribution in [2.75, 3.05) is 6.61 Å². The van der Waals surface area contributed by atoms with E-state index in [0.29, 0.717) is 17.9 Å². The van der Waals surface area contributed by atoms with Crippen LogP contribution in [-0.2, 0) is 4.79 Å². The summed E-state index contributed by atoms with van der Waals surface area (Å²) in [6.07, 6.45) is 1.64. The second-order valence-electron chi connectivity index (χ2n) is 5.28. The second kappa shape index (κ2) is 6.75. The molecule has 0 radical (unpaired) electrons. The molecule has 0 aliphatic heterocycles. The van der Waals surface area contributed by atoms with Crippen LogP contribution in [-0.4, -0.2) is 18.4 Å². The van der Waals surface area contributed by atoms with E-state index in [9.17, 15) is 9.59 Å². The predicted molar refractivity (Wildman–Crippen MR) is 77.2 cm³/mol. The van der Waals surface area contributed by atoms with E-state index in [1.54, 1.807) is 51.1 Å². The van der Waals surface area contributed by atoms with E-state index in [1.807, 2.05) is 0 Å². The van der Waals surface area contributed by atoms with E-state index in [0.717, 1.165) is 0 Å². The van der Waals surface area contributed by atoms with E-state index in [1.165, 1.54) is 0 Å². The van der Waals surface area contributed by atoms with Gasteiger partial charge in [-0.2, -0.15) is 0 Å². The topological polar surface area (TPSA) is 67.4 Å². The third-order valence-electron chi connectivity index (χ3n) is 2.46. The molecule has 0 fully saturated rings.